The molecule has 0 aromatic carbocycles. The van der Waals surface area contributed by atoms with E-state index in [2.05, 4.69) is 4.98 Å². The van der Waals surface area contributed by atoms with E-state index in [0.29, 0.717) is 5.75 Å². The van der Waals surface area contributed by atoms with E-state index in [0.717, 1.165) is 0 Å². The van der Waals surface area contributed by atoms with E-state index >= 15 is 0 Å². The number of methoxy groups -OCH3 is 1. The van der Waals surface area contributed by atoms with Crippen LogP contribution in [0, 0.1) is 0 Å². The van der Waals surface area contributed by atoms with Crippen LogP contribution in [0.2, 0.25) is 0 Å². The van der Waals surface area contributed by atoms with E-state index in [9.17, 15) is 9.59 Å². The Morgan fingerprint density at radius 3 is 1.94 bits per heavy atom. The number of hydrogen-bond acceptors (Lipinski definition) is 6. The molecule has 1 aromatic heterocycles. The van der Waals surface area contributed by atoms with E-state index in [1.54, 1.807) is 0 Å². The molecule has 16 heavy (non-hydrogen) atoms. The number of ether oxygens (including phenoxy) is 1. The molecular weight excluding hydrogens is 214 g/mol. The molecule has 0 aliphatic rings. The topological polar surface area (TPSA) is 132 Å². The Morgan fingerprint density at radius 1 is 1.19 bits per heavy atom. The Kier molecular flexibility index (Phi) is 3.75. The molecule has 8 nitrogen and oxygen atoms in total. The van der Waals surface area contributed by atoms with Crippen molar-refractivity contribution in [2.75, 3.05) is 7.11 Å². The minimum absolute atomic E-state index is 0.0412. The number of amides is 2. The van der Waals surface area contributed by atoms with Gasteiger partial charge in [-0.1, -0.05) is 0 Å². The molecule has 0 saturated carbocycles. The van der Waals surface area contributed by atoms with Crippen molar-refractivity contribution in [3.8, 4) is 5.75 Å². The first-order valence-electron chi connectivity index (χ1n) is 4.20. The second-order valence-corrected chi connectivity index (χ2v) is 2.72. The zero-order valence-corrected chi connectivity index (χ0v) is 8.48. The fourth-order valence-electron chi connectivity index (χ4n) is 1.00. The number of nitrogens with zero attached hydrogens (tertiary/aromatic N) is 1. The minimum Gasteiger partial charge on any atom is -0.497 e. The van der Waals surface area contributed by atoms with Crippen LogP contribution in [-0.2, 0) is 0 Å². The Labute approximate surface area is 90.9 Å². The maximum atomic E-state index is 11.2. The maximum Gasteiger partial charge on any atom is 0.283 e. The lowest BCUT2D eigenvalue weighted by atomic mass is 10.2. The zero-order valence-electron chi connectivity index (χ0n) is 8.48. The molecule has 0 atom stereocenters. The number of rotatable bonds is 3. The number of pyridine rings is 1. The minimum atomic E-state index is -0.634. The van der Waals surface area contributed by atoms with Crippen LogP contribution in [0.25, 0.3) is 0 Å². The predicted octanol–water partition coefficient (Wildman–Crippen LogP) is -1.70. The van der Waals surface area contributed by atoms with Crippen LogP contribution in [0.1, 0.15) is 21.0 Å². The van der Waals surface area contributed by atoms with Gasteiger partial charge < -0.3 is 4.74 Å². The average molecular weight is 225 g/mol. The Morgan fingerprint density at radius 2 is 1.62 bits per heavy atom. The predicted molar refractivity (Wildman–Crippen MR) is 54.1 cm³/mol. The van der Waals surface area contributed by atoms with E-state index in [4.69, 9.17) is 16.4 Å². The summed E-state index contributed by atoms with van der Waals surface area (Å²) in [4.78, 5) is 26.2. The Balaban J connectivity index is 3.20. The van der Waals surface area contributed by atoms with Crippen LogP contribution >= 0.6 is 0 Å². The highest BCUT2D eigenvalue weighted by molar-refractivity contribution is 5.96. The molecule has 8 heteroatoms. The highest BCUT2D eigenvalue weighted by Crippen LogP contribution is 2.13. The van der Waals surface area contributed by atoms with Gasteiger partial charge in [-0.05, 0) is 0 Å². The molecule has 0 spiro atoms. The first-order chi connectivity index (χ1) is 7.62. The first kappa shape index (κ1) is 11.9. The molecule has 1 rings (SSSR count). The molecule has 1 heterocycles. The van der Waals surface area contributed by atoms with Crippen LogP contribution in [0.4, 0.5) is 0 Å². The van der Waals surface area contributed by atoms with Gasteiger partial charge in [0.2, 0.25) is 0 Å². The summed E-state index contributed by atoms with van der Waals surface area (Å²) in [7, 11) is 1.39. The highest BCUT2D eigenvalue weighted by Gasteiger charge is 2.13. The smallest absolute Gasteiger partial charge is 0.283 e. The average Bonchev–Trinajstić information content (AvgIpc) is 2.35. The standard InChI is InChI=1S/C8H11N5O3/c1-16-4-2-5(7(14)12-9)11-6(3-4)8(15)13-10/h2-3H,9-10H2,1H3,(H,12,14)(H,13,15). The monoisotopic (exact) mass is 225 g/mol. The summed E-state index contributed by atoms with van der Waals surface area (Å²) < 4.78 is 4.90. The number of nitrogens with one attached hydrogen (secondary N) is 2. The molecule has 0 aliphatic heterocycles. The molecular formula is C8H11N5O3. The molecule has 86 valence electrons. The van der Waals surface area contributed by atoms with Gasteiger partial charge in [0.05, 0.1) is 7.11 Å². The lowest BCUT2D eigenvalue weighted by Gasteiger charge is -2.06. The van der Waals surface area contributed by atoms with E-state index < -0.39 is 11.8 Å². The number of carbonyl (C=O) groups is 2. The van der Waals surface area contributed by atoms with E-state index in [1.807, 2.05) is 10.9 Å². The zero-order chi connectivity index (χ0) is 12.1. The molecule has 0 fully saturated rings. The SMILES string of the molecule is COc1cc(C(=O)NN)nc(C(=O)NN)c1. The van der Waals surface area contributed by atoms with Gasteiger partial charge in [-0.25, -0.2) is 16.7 Å². The summed E-state index contributed by atoms with van der Waals surface area (Å²) >= 11 is 0. The third-order valence-corrected chi connectivity index (χ3v) is 1.76. The first-order valence-corrected chi connectivity index (χ1v) is 4.20. The van der Waals surface area contributed by atoms with Gasteiger partial charge in [0.25, 0.3) is 11.8 Å². The van der Waals surface area contributed by atoms with Crippen molar-refractivity contribution < 1.29 is 14.3 Å². The van der Waals surface area contributed by atoms with Gasteiger partial charge in [-0.15, -0.1) is 0 Å². The number of nitrogens with two attached hydrogens (primary N) is 2. The summed E-state index contributed by atoms with van der Waals surface area (Å²) in [6.07, 6.45) is 0. The lowest BCUT2D eigenvalue weighted by molar-refractivity contribution is 0.0943. The second kappa shape index (κ2) is 5.05. The van der Waals surface area contributed by atoms with Crippen molar-refractivity contribution in [1.29, 1.82) is 0 Å². The summed E-state index contributed by atoms with van der Waals surface area (Å²) in [5, 5.41) is 0. The number of aromatic nitrogens is 1. The van der Waals surface area contributed by atoms with Crippen molar-refractivity contribution in [3.63, 3.8) is 0 Å². The van der Waals surface area contributed by atoms with Gasteiger partial charge in [0.15, 0.2) is 0 Å². The largest absolute Gasteiger partial charge is 0.497 e. The van der Waals surface area contributed by atoms with Crippen LogP contribution < -0.4 is 27.3 Å². The number of carbonyl (C=O) groups excluding carboxylic acids is 2. The van der Waals surface area contributed by atoms with Crippen molar-refractivity contribution in [3.05, 3.63) is 23.5 Å². The van der Waals surface area contributed by atoms with Crippen molar-refractivity contribution in [2.45, 2.75) is 0 Å². The van der Waals surface area contributed by atoms with Crippen molar-refractivity contribution in [2.24, 2.45) is 11.7 Å². The number of nitrogen functional groups attached to an aromatic ring is 2. The molecule has 0 radical (unpaired) electrons. The van der Waals surface area contributed by atoms with Crippen LogP contribution in [0.15, 0.2) is 12.1 Å². The molecule has 0 aliphatic carbocycles. The lowest BCUT2D eigenvalue weighted by Crippen LogP contribution is -2.33. The summed E-state index contributed by atoms with van der Waals surface area (Å²) in [5.41, 5.74) is 3.71. The summed E-state index contributed by atoms with van der Waals surface area (Å²) in [6.45, 7) is 0. The Bertz CT molecular complexity index is 386. The van der Waals surface area contributed by atoms with Gasteiger partial charge in [0, 0.05) is 12.1 Å². The fraction of sp³-hybridized carbons (Fsp3) is 0.125. The molecule has 2 amide bonds. The number of hydrogen-bond donors (Lipinski definition) is 4. The normalized spacial score (nSPS) is 9.44. The van der Waals surface area contributed by atoms with Gasteiger partial charge >= 0.3 is 0 Å². The van der Waals surface area contributed by atoms with Gasteiger partial charge in [-0.2, -0.15) is 0 Å². The van der Waals surface area contributed by atoms with Gasteiger partial charge in [0.1, 0.15) is 17.1 Å². The van der Waals surface area contributed by atoms with Crippen LogP contribution in [-0.4, -0.2) is 23.9 Å². The van der Waals surface area contributed by atoms with Crippen LogP contribution in [0.5, 0.6) is 5.75 Å². The van der Waals surface area contributed by atoms with Gasteiger partial charge in [-0.3, -0.25) is 20.4 Å². The summed E-state index contributed by atoms with van der Waals surface area (Å²) in [5.74, 6) is 8.93. The molecule has 1 aromatic rings. The Hall–Kier alpha value is -2.19. The quantitative estimate of drug-likeness (QED) is 0.275. The third-order valence-electron chi connectivity index (χ3n) is 1.76. The molecule has 6 N–H and O–H groups in total. The van der Waals surface area contributed by atoms with Crippen molar-refractivity contribution in [1.82, 2.24) is 15.8 Å². The second-order valence-electron chi connectivity index (χ2n) is 2.72. The molecule has 0 saturated heterocycles. The van der Waals surface area contributed by atoms with E-state index in [1.165, 1.54) is 19.2 Å². The maximum absolute atomic E-state index is 11.2. The van der Waals surface area contributed by atoms with Crippen LogP contribution in [0.3, 0.4) is 0 Å². The molecule has 0 bridgehead atoms. The third kappa shape index (κ3) is 2.43. The number of hydrazine groups is 2. The molecule has 0 unspecified atom stereocenters. The van der Waals surface area contributed by atoms with E-state index in [-0.39, 0.29) is 11.4 Å². The van der Waals surface area contributed by atoms with Crippen molar-refractivity contribution >= 4 is 11.8 Å². The highest BCUT2D eigenvalue weighted by atomic mass is 16.5. The summed E-state index contributed by atoms with van der Waals surface area (Å²) in [6, 6.07) is 2.69. The fourth-order valence-corrected chi connectivity index (χ4v) is 1.00.